The minimum atomic E-state index is -1.10. The second kappa shape index (κ2) is 15.1. The number of ether oxygens (including phenoxy) is 2. The van der Waals surface area contributed by atoms with Gasteiger partial charge in [-0.2, -0.15) is 0 Å². The van der Waals surface area contributed by atoms with Crippen molar-refractivity contribution in [3.8, 4) is 5.75 Å². The third kappa shape index (κ3) is 10.1. The van der Waals surface area contributed by atoms with Crippen LogP contribution >= 0.6 is 0 Å². The Labute approximate surface area is 242 Å². The van der Waals surface area contributed by atoms with E-state index in [0.29, 0.717) is 17.5 Å². The molecule has 0 aliphatic heterocycles. The van der Waals surface area contributed by atoms with E-state index in [-0.39, 0.29) is 18.7 Å². The van der Waals surface area contributed by atoms with Crippen LogP contribution in [0.1, 0.15) is 70.7 Å². The predicted octanol–water partition coefficient (Wildman–Crippen LogP) is 4.05. The van der Waals surface area contributed by atoms with Crippen LogP contribution in [-0.4, -0.2) is 65.2 Å². The van der Waals surface area contributed by atoms with Gasteiger partial charge in [0.1, 0.15) is 30.0 Å². The van der Waals surface area contributed by atoms with Crippen LogP contribution in [0, 0.1) is 0 Å². The summed E-state index contributed by atoms with van der Waals surface area (Å²) in [7, 11) is 1.22. The lowest BCUT2D eigenvalue weighted by Gasteiger charge is -2.38. The molecule has 0 saturated carbocycles. The quantitative estimate of drug-likeness (QED) is 0.328. The summed E-state index contributed by atoms with van der Waals surface area (Å²) in [4.78, 5) is 54.2. The maximum atomic E-state index is 14.4. The molecule has 0 aliphatic carbocycles. The largest absolute Gasteiger partial charge is 0.508 e. The number of phenolic OH excluding ortho intramolecular Hbond substituents is 1. The number of nitrogens with one attached hydrogen (secondary N) is 2. The van der Waals surface area contributed by atoms with Gasteiger partial charge in [0.25, 0.3) is 0 Å². The van der Waals surface area contributed by atoms with Crippen molar-refractivity contribution in [3.05, 3.63) is 65.2 Å². The molecular formula is C31H43N3O7. The van der Waals surface area contributed by atoms with E-state index >= 15 is 0 Å². The highest BCUT2D eigenvalue weighted by molar-refractivity contribution is 5.93. The minimum absolute atomic E-state index is 0.0656. The molecule has 2 rings (SSSR count). The highest BCUT2D eigenvalue weighted by Gasteiger charge is 2.38. The lowest BCUT2D eigenvalue weighted by molar-refractivity contribution is -0.146. The van der Waals surface area contributed by atoms with Crippen molar-refractivity contribution in [3.63, 3.8) is 0 Å². The number of carbonyl (C=O) groups is 4. The minimum Gasteiger partial charge on any atom is -0.508 e. The molecule has 0 saturated heterocycles. The summed E-state index contributed by atoms with van der Waals surface area (Å²) in [6.07, 6.45) is 0.606. The molecule has 0 spiro atoms. The van der Waals surface area contributed by atoms with Crippen molar-refractivity contribution in [1.29, 1.82) is 0 Å². The normalized spacial score (nSPS) is 13.3. The van der Waals surface area contributed by atoms with E-state index in [2.05, 4.69) is 15.4 Å². The fraction of sp³-hybridized carbons (Fsp3) is 0.484. The van der Waals surface area contributed by atoms with E-state index in [1.165, 1.54) is 24.1 Å². The van der Waals surface area contributed by atoms with Gasteiger partial charge in [-0.3, -0.25) is 14.4 Å². The number of aryl methyl sites for hydroxylation is 1. The smallest absolute Gasteiger partial charge is 0.408 e. The van der Waals surface area contributed by atoms with E-state index in [0.717, 1.165) is 12.0 Å². The number of hydrogen-bond donors (Lipinski definition) is 3. The molecule has 2 aromatic carbocycles. The van der Waals surface area contributed by atoms with Crippen molar-refractivity contribution in [1.82, 2.24) is 15.5 Å². The molecule has 3 N–H and O–H groups in total. The lowest BCUT2D eigenvalue weighted by atomic mass is 9.97. The molecule has 0 bridgehead atoms. The van der Waals surface area contributed by atoms with Crippen LogP contribution in [0.4, 0.5) is 4.79 Å². The topological polar surface area (TPSA) is 134 Å². The van der Waals surface area contributed by atoms with E-state index < -0.39 is 47.6 Å². The molecule has 41 heavy (non-hydrogen) atoms. The Balaban J connectivity index is 2.59. The zero-order valence-corrected chi connectivity index (χ0v) is 25.0. The van der Waals surface area contributed by atoms with Gasteiger partial charge in [0.2, 0.25) is 11.8 Å². The first-order valence-corrected chi connectivity index (χ1v) is 13.8. The highest BCUT2D eigenvalue weighted by atomic mass is 16.6. The SMILES string of the molecule is CCc1ccc(C(C(=O)NCC(=O)OC)N(C(=O)C(Cc2ccc(O)cc2)NC(=O)OC(C)(C)C)C(C)CC)cc1. The summed E-state index contributed by atoms with van der Waals surface area (Å²) < 4.78 is 10.1. The van der Waals surface area contributed by atoms with E-state index in [9.17, 15) is 24.3 Å². The van der Waals surface area contributed by atoms with Gasteiger partial charge >= 0.3 is 12.1 Å². The Morgan fingerprint density at radius 1 is 0.951 bits per heavy atom. The maximum Gasteiger partial charge on any atom is 0.408 e. The number of aromatic hydroxyl groups is 1. The van der Waals surface area contributed by atoms with Crippen LogP contribution in [0.5, 0.6) is 5.75 Å². The Kier molecular flexibility index (Phi) is 12.2. The van der Waals surface area contributed by atoms with Gasteiger partial charge < -0.3 is 30.1 Å². The summed E-state index contributed by atoms with van der Waals surface area (Å²) in [5, 5.41) is 15.0. The van der Waals surface area contributed by atoms with Gasteiger partial charge in [-0.25, -0.2) is 4.79 Å². The number of benzene rings is 2. The van der Waals surface area contributed by atoms with Gasteiger partial charge in [-0.05, 0) is 69.4 Å². The van der Waals surface area contributed by atoms with Crippen LogP contribution < -0.4 is 10.6 Å². The van der Waals surface area contributed by atoms with Crippen LogP contribution in [0.25, 0.3) is 0 Å². The predicted molar refractivity (Wildman–Crippen MR) is 155 cm³/mol. The molecule has 0 radical (unpaired) electrons. The van der Waals surface area contributed by atoms with Gasteiger partial charge in [0, 0.05) is 12.5 Å². The molecular weight excluding hydrogens is 526 g/mol. The number of esters is 1. The van der Waals surface area contributed by atoms with Crippen molar-refractivity contribution in [2.45, 2.75) is 84.5 Å². The number of alkyl carbamates (subject to hydrolysis) is 1. The first kappa shape index (κ1) is 33.1. The summed E-state index contributed by atoms with van der Waals surface area (Å²) in [6.45, 7) is 10.5. The van der Waals surface area contributed by atoms with Gasteiger partial charge in [-0.15, -0.1) is 0 Å². The average molecular weight is 570 g/mol. The fourth-order valence-corrected chi connectivity index (χ4v) is 4.20. The standard InChI is InChI=1S/C31H43N3O7/c1-8-20(3)34(27(28(37)32-19-26(36)40-7)23-14-10-21(9-2)11-15-23)29(38)25(33-30(39)41-31(4,5)6)18-22-12-16-24(35)17-13-22/h10-17,20,25,27,35H,8-9,18-19H2,1-7H3,(H,32,37)(H,33,39). The monoisotopic (exact) mass is 569 g/mol. The molecule has 3 unspecified atom stereocenters. The molecule has 224 valence electrons. The second-order valence-electron chi connectivity index (χ2n) is 10.9. The first-order chi connectivity index (χ1) is 19.3. The van der Waals surface area contributed by atoms with Crippen LogP contribution in [0.2, 0.25) is 0 Å². The Bertz CT molecular complexity index is 1170. The number of nitrogens with zero attached hydrogens (tertiary/aromatic N) is 1. The third-order valence-corrected chi connectivity index (χ3v) is 6.55. The Morgan fingerprint density at radius 2 is 1.54 bits per heavy atom. The van der Waals surface area contributed by atoms with Crippen molar-refractivity contribution >= 4 is 23.9 Å². The van der Waals surface area contributed by atoms with E-state index in [4.69, 9.17) is 4.74 Å². The van der Waals surface area contributed by atoms with E-state index in [1.807, 2.05) is 32.9 Å². The fourth-order valence-electron chi connectivity index (χ4n) is 4.20. The van der Waals surface area contributed by atoms with Crippen molar-refractivity contribution in [2.75, 3.05) is 13.7 Å². The van der Waals surface area contributed by atoms with Crippen molar-refractivity contribution < 1.29 is 33.8 Å². The number of carbonyl (C=O) groups excluding carboxylic acids is 4. The average Bonchev–Trinajstić information content (AvgIpc) is 2.93. The van der Waals surface area contributed by atoms with Gasteiger partial charge in [0.05, 0.1) is 7.11 Å². The maximum absolute atomic E-state index is 14.4. The first-order valence-electron chi connectivity index (χ1n) is 13.8. The number of phenols is 1. The number of hydrogen-bond acceptors (Lipinski definition) is 7. The van der Waals surface area contributed by atoms with Gasteiger partial charge in [0.15, 0.2) is 0 Å². The van der Waals surface area contributed by atoms with Crippen LogP contribution in [0.15, 0.2) is 48.5 Å². The lowest BCUT2D eigenvalue weighted by Crippen LogP contribution is -2.56. The number of amides is 3. The number of methoxy groups -OCH3 is 1. The summed E-state index contributed by atoms with van der Waals surface area (Å²) in [6, 6.07) is 11.0. The Morgan fingerprint density at radius 3 is 2.05 bits per heavy atom. The molecule has 0 aliphatic rings. The summed E-state index contributed by atoms with van der Waals surface area (Å²) in [5.74, 6) is -1.63. The molecule has 3 atom stereocenters. The Hall–Kier alpha value is -4.08. The zero-order valence-electron chi connectivity index (χ0n) is 25.0. The third-order valence-electron chi connectivity index (χ3n) is 6.55. The second-order valence-corrected chi connectivity index (χ2v) is 10.9. The molecule has 0 fully saturated rings. The molecule has 10 heteroatoms. The number of rotatable bonds is 12. The molecule has 0 heterocycles. The van der Waals surface area contributed by atoms with E-state index in [1.54, 1.807) is 45.0 Å². The zero-order chi connectivity index (χ0) is 30.7. The van der Waals surface area contributed by atoms with Gasteiger partial charge in [-0.1, -0.05) is 50.2 Å². The van der Waals surface area contributed by atoms with Crippen molar-refractivity contribution in [2.24, 2.45) is 0 Å². The van der Waals surface area contributed by atoms with Crippen LogP contribution in [0.3, 0.4) is 0 Å². The summed E-state index contributed by atoms with van der Waals surface area (Å²) in [5.41, 5.74) is 1.49. The molecule has 2 aromatic rings. The molecule has 10 nitrogen and oxygen atoms in total. The van der Waals surface area contributed by atoms with Crippen LogP contribution in [-0.2, 0) is 36.7 Å². The summed E-state index contributed by atoms with van der Waals surface area (Å²) >= 11 is 0. The highest BCUT2D eigenvalue weighted by Crippen LogP contribution is 2.27. The molecule has 3 amide bonds. The molecule has 0 aromatic heterocycles.